The van der Waals surface area contributed by atoms with Crippen LogP contribution in [0.1, 0.15) is 30.5 Å². The number of aromatic amines is 1. The number of phenols is 1. The number of carbonyl (C=O) groups is 5. The number of aliphatic carboxylic acids is 2. The summed E-state index contributed by atoms with van der Waals surface area (Å²) in [6.07, 6.45) is 4.07. The molecule has 0 radical (unpaired) electrons. The van der Waals surface area contributed by atoms with Crippen LogP contribution >= 0.6 is 11.8 Å². The summed E-state index contributed by atoms with van der Waals surface area (Å²) < 4.78 is 0. The van der Waals surface area contributed by atoms with E-state index < -0.39 is 60.2 Å². The second-order valence-corrected chi connectivity index (χ2v) is 9.98. The lowest BCUT2D eigenvalue weighted by molar-refractivity contribution is -0.143. The molecule has 0 aliphatic rings. The number of phenolic OH excluding ortho intramolecular Hbond substituents is 1. The van der Waals surface area contributed by atoms with Gasteiger partial charge in [0.25, 0.3) is 0 Å². The highest BCUT2D eigenvalue weighted by atomic mass is 32.2. The molecule has 0 aliphatic carbocycles. The Morgan fingerprint density at radius 3 is 2.08 bits per heavy atom. The van der Waals surface area contributed by atoms with Crippen LogP contribution in [-0.4, -0.2) is 91.1 Å². The maximum Gasteiger partial charge on any atom is 0.326 e. The smallest absolute Gasteiger partial charge is 0.326 e. The molecule has 4 atom stereocenters. The number of benzene rings is 1. The first-order valence-corrected chi connectivity index (χ1v) is 13.7. The summed E-state index contributed by atoms with van der Waals surface area (Å²) in [5.74, 6) is -4.20. The average molecular weight is 579 g/mol. The number of thioether (sulfide) groups is 1. The fraction of sp³-hybridized carbons (Fsp3) is 0.440. The molecule has 218 valence electrons. The first kappa shape index (κ1) is 32.1. The van der Waals surface area contributed by atoms with Crippen molar-refractivity contribution in [2.45, 2.75) is 56.3 Å². The van der Waals surface area contributed by atoms with Crippen LogP contribution in [0.25, 0.3) is 0 Å². The Balaban J connectivity index is 2.27. The molecule has 14 nitrogen and oxygen atoms in total. The zero-order valence-corrected chi connectivity index (χ0v) is 22.6. The van der Waals surface area contributed by atoms with Crippen molar-refractivity contribution in [3.8, 4) is 5.75 Å². The van der Waals surface area contributed by atoms with Gasteiger partial charge in [-0.3, -0.25) is 19.2 Å². The number of nitrogens with zero attached hydrogens (tertiary/aromatic N) is 1. The highest BCUT2D eigenvalue weighted by Crippen LogP contribution is 2.12. The number of amides is 3. The van der Waals surface area contributed by atoms with Crippen LogP contribution in [0.3, 0.4) is 0 Å². The summed E-state index contributed by atoms with van der Waals surface area (Å²) in [6, 6.07) is 1.14. The third kappa shape index (κ3) is 10.9. The van der Waals surface area contributed by atoms with E-state index in [1.54, 1.807) is 12.1 Å². The Hall–Kier alpha value is -4.11. The van der Waals surface area contributed by atoms with Crippen LogP contribution < -0.4 is 21.7 Å². The first-order valence-electron chi connectivity index (χ1n) is 12.4. The van der Waals surface area contributed by atoms with E-state index in [9.17, 15) is 34.2 Å². The number of hydrogen-bond donors (Lipinski definition) is 8. The number of carboxylic acid groups (broad SMARTS) is 2. The molecule has 0 saturated heterocycles. The Kier molecular flexibility index (Phi) is 12.9. The van der Waals surface area contributed by atoms with Crippen molar-refractivity contribution in [1.82, 2.24) is 25.9 Å². The summed E-state index contributed by atoms with van der Waals surface area (Å²) in [5, 5.41) is 35.4. The van der Waals surface area contributed by atoms with Gasteiger partial charge in [-0.25, -0.2) is 9.78 Å². The van der Waals surface area contributed by atoms with E-state index in [4.69, 9.17) is 10.8 Å². The van der Waals surface area contributed by atoms with Gasteiger partial charge in [-0.05, 0) is 42.5 Å². The summed E-state index contributed by atoms with van der Waals surface area (Å²) >= 11 is 1.51. The largest absolute Gasteiger partial charge is 0.508 e. The van der Waals surface area contributed by atoms with Crippen molar-refractivity contribution in [3.05, 3.63) is 48.0 Å². The number of hydrogen-bond acceptors (Lipinski definition) is 9. The van der Waals surface area contributed by atoms with E-state index in [0.717, 1.165) is 0 Å². The van der Waals surface area contributed by atoms with Crippen molar-refractivity contribution < 1.29 is 39.3 Å². The van der Waals surface area contributed by atoms with Gasteiger partial charge in [-0.15, -0.1) is 0 Å². The summed E-state index contributed by atoms with van der Waals surface area (Å²) in [5.41, 5.74) is 7.03. The normalized spacial score (nSPS) is 13.8. The molecular formula is C25H34N6O8S. The number of carboxylic acids is 2. The Labute approximate surface area is 234 Å². The summed E-state index contributed by atoms with van der Waals surface area (Å²) in [6.45, 7) is 0. The van der Waals surface area contributed by atoms with Crippen LogP contribution in [-0.2, 0) is 36.8 Å². The predicted molar refractivity (Wildman–Crippen MR) is 145 cm³/mol. The van der Waals surface area contributed by atoms with E-state index in [0.29, 0.717) is 23.4 Å². The number of nitrogens with two attached hydrogens (primary N) is 1. The molecule has 2 aromatic rings. The van der Waals surface area contributed by atoms with E-state index in [1.807, 2.05) is 6.26 Å². The van der Waals surface area contributed by atoms with E-state index in [1.165, 1.54) is 36.4 Å². The van der Waals surface area contributed by atoms with Gasteiger partial charge in [0.2, 0.25) is 17.7 Å². The lowest BCUT2D eigenvalue weighted by Crippen LogP contribution is -2.58. The van der Waals surface area contributed by atoms with Crippen molar-refractivity contribution in [3.63, 3.8) is 0 Å². The number of carbonyl (C=O) groups excluding carboxylic acids is 3. The highest BCUT2D eigenvalue weighted by molar-refractivity contribution is 7.98. The standard InChI is InChI=1S/C25H34N6O8S/c1-40-9-8-17(26)22(35)30-19(10-14-2-4-16(32)5-3-14)23(36)31-20(11-15-12-27-13-28-15)24(37)29-18(25(38)39)6-7-21(33)34/h2-5,12-13,17-20,32H,6-11,26H2,1H3,(H,27,28)(H,29,37)(H,30,35)(H,31,36)(H,33,34)(H,38,39). The minimum absolute atomic E-state index is 0.00185. The molecule has 0 spiro atoms. The summed E-state index contributed by atoms with van der Waals surface area (Å²) in [4.78, 5) is 68.5. The molecule has 1 heterocycles. The number of nitrogens with one attached hydrogen (secondary N) is 4. The second kappa shape index (κ2) is 16.1. The Bertz CT molecular complexity index is 1140. The zero-order valence-electron chi connectivity index (χ0n) is 21.8. The number of aromatic hydroxyl groups is 1. The summed E-state index contributed by atoms with van der Waals surface area (Å²) in [7, 11) is 0. The quantitative estimate of drug-likeness (QED) is 0.118. The van der Waals surface area contributed by atoms with Gasteiger partial charge in [-0.1, -0.05) is 12.1 Å². The molecule has 0 saturated carbocycles. The number of rotatable bonds is 17. The molecule has 0 bridgehead atoms. The molecule has 0 aliphatic heterocycles. The topological polar surface area (TPSA) is 237 Å². The van der Waals surface area contributed by atoms with Gasteiger partial charge in [0.05, 0.1) is 12.4 Å². The third-order valence-corrected chi connectivity index (χ3v) is 6.50. The second-order valence-electron chi connectivity index (χ2n) is 8.99. The maximum atomic E-state index is 13.4. The van der Waals surface area contributed by atoms with Crippen LogP contribution in [0, 0.1) is 0 Å². The molecule has 15 heteroatoms. The predicted octanol–water partition coefficient (Wildman–Crippen LogP) is -0.615. The fourth-order valence-corrected chi connectivity index (χ4v) is 4.12. The molecule has 2 rings (SSSR count). The van der Waals surface area contributed by atoms with Gasteiger partial charge in [-0.2, -0.15) is 11.8 Å². The molecule has 0 fully saturated rings. The van der Waals surface area contributed by atoms with Crippen molar-refractivity contribution >= 4 is 41.4 Å². The van der Waals surface area contributed by atoms with E-state index in [2.05, 4.69) is 25.9 Å². The minimum atomic E-state index is -1.51. The molecule has 40 heavy (non-hydrogen) atoms. The fourth-order valence-electron chi connectivity index (χ4n) is 3.63. The third-order valence-electron chi connectivity index (χ3n) is 5.85. The Morgan fingerprint density at radius 1 is 0.925 bits per heavy atom. The van der Waals surface area contributed by atoms with Crippen LogP contribution in [0.4, 0.5) is 0 Å². The van der Waals surface area contributed by atoms with Crippen LogP contribution in [0.2, 0.25) is 0 Å². The van der Waals surface area contributed by atoms with Gasteiger partial charge in [0, 0.05) is 31.2 Å². The van der Waals surface area contributed by atoms with Crippen molar-refractivity contribution in [2.75, 3.05) is 12.0 Å². The lowest BCUT2D eigenvalue weighted by atomic mass is 10.0. The van der Waals surface area contributed by atoms with Crippen molar-refractivity contribution in [1.29, 1.82) is 0 Å². The van der Waals surface area contributed by atoms with Gasteiger partial charge in [0.1, 0.15) is 23.9 Å². The molecule has 9 N–H and O–H groups in total. The average Bonchev–Trinajstić information content (AvgIpc) is 3.42. The number of aromatic nitrogens is 2. The van der Waals surface area contributed by atoms with E-state index >= 15 is 0 Å². The SMILES string of the molecule is CSCCC(N)C(=O)NC(Cc1ccc(O)cc1)C(=O)NC(Cc1cnc[nH]1)C(=O)NC(CCC(=O)O)C(=O)O. The maximum absolute atomic E-state index is 13.4. The molecule has 4 unspecified atom stereocenters. The monoisotopic (exact) mass is 578 g/mol. The lowest BCUT2D eigenvalue weighted by Gasteiger charge is -2.25. The first-order chi connectivity index (χ1) is 19.0. The Morgan fingerprint density at radius 2 is 1.52 bits per heavy atom. The molecule has 1 aromatic heterocycles. The van der Waals surface area contributed by atoms with Gasteiger partial charge < -0.3 is 42.0 Å². The number of H-pyrrole nitrogens is 1. The molecular weight excluding hydrogens is 544 g/mol. The van der Waals surface area contributed by atoms with Gasteiger partial charge >= 0.3 is 11.9 Å². The van der Waals surface area contributed by atoms with Crippen molar-refractivity contribution in [2.24, 2.45) is 5.73 Å². The van der Waals surface area contributed by atoms with Gasteiger partial charge in [0.15, 0.2) is 0 Å². The minimum Gasteiger partial charge on any atom is -0.508 e. The zero-order chi connectivity index (χ0) is 29.7. The molecule has 1 aromatic carbocycles. The van der Waals surface area contributed by atoms with E-state index in [-0.39, 0.29) is 25.0 Å². The highest BCUT2D eigenvalue weighted by Gasteiger charge is 2.31. The molecule has 3 amide bonds. The number of imidazole rings is 1. The van der Waals surface area contributed by atoms with Crippen LogP contribution in [0.15, 0.2) is 36.8 Å². The van der Waals surface area contributed by atoms with Crippen LogP contribution in [0.5, 0.6) is 5.75 Å².